The monoisotopic (exact) mass is 297 g/mol. The highest BCUT2D eigenvalue weighted by Crippen LogP contribution is 2.14. The Balaban J connectivity index is 1.91. The normalized spacial score (nSPS) is 20.4. The smallest absolute Gasteiger partial charge is 0.254 e. The minimum atomic E-state index is -0.471. The molecule has 0 saturated carbocycles. The molecule has 1 aromatic rings. The van der Waals surface area contributed by atoms with E-state index in [1.54, 1.807) is 11.9 Å². The summed E-state index contributed by atoms with van der Waals surface area (Å²) >= 11 is 5.87. The van der Waals surface area contributed by atoms with E-state index in [2.05, 4.69) is 0 Å². The fourth-order valence-corrected chi connectivity index (χ4v) is 2.30. The predicted molar refractivity (Wildman–Crippen MR) is 77.9 cm³/mol. The van der Waals surface area contributed by atoms with Gasteiger partial charge in [-0.05, 0) is 31.0 Å². The van der Waals surface area contributed by atoms with Gasteiger partial charge in [0.1, 0.15) is 0 Å². The summed E-state index contributed by atoms with van der Waals surface area (Å²) in [5.41, 5.74) is 1.15. The predicted octanol–water partition coefficient (Wildman–Crippen LogP) is 2.14. The van der Waals surface area contributed by atoms with Gasteiger partial charge < -0.3 is 14.4 Å². The number of halogens is 1. The van der Waals surface area contributed by atoms with Crippen molar-refractivity contribution >= 4 is 17.5 Å². The van der Waals surface area contributed by atoms with Gasteiger partial charge in [0.15, 0.2) is 6.10 Å². The second kappa shape index (κ2) is 7.07. The molecule has 0 bridgehead atoms. The SMILES string of the molecule is C[C@H](Cc1ccc(Cl)cc1)N(C)C(=O)[C@@H]1COCCO1. The third-order valence-electron chi connectivity index (χ3n) is 3.54. The number of nitrogens with zero attached hydrogens (tertiary/aromatic N) is 1. The van der Waals surface area contributed by atoms with Gasteiger partial charge in [0.05, 0.1) is 19.8 Å². The first-order chi connectivity index (χ1) is 9.58. The molecule has 1 aliphatic rings. The van der Waals surface area contributed by atoms with E-state index in [0.29, 0.717) is 19.8 Å². The molecule has 1 saturated heterocycles. The molecule has 1 aromatic carbocycles. The topological polar surface area (TPSA) is 38.8 Å². The zero-order valence-electron chi connectivity index (χ0n) is 11.8. The highest BCUT2D eigenvalue weighted by atomic mass is 35.5. The maximum atomic E-state index is 12.3. The van der Waals surface area contributed by atoms with Crippen LogP contribution in [0.4, 0.5) is 0 Å². The summed E-state index contributed by atoms with van der Waals surface area (Å²) in [5, 5.41) is 0.721. The largest absolute Gasteiger partial charge is 0.376 e. The number of amides is 1. The van der Waals surface area contributed by atoms with Crippen molar-refractivity contribution in [3.05, 3.63) is 34.9 Å². The molecule has 110 valence electrons. The second-order valence-corrected chi connectivity index (χ2v) is 5.50. The first kappa shape index (κ1) is 15.3. The van der Waals surface area contributed by atoms with Gasteiger partial charge in [-0.3, -0.25) is 4.79 Å². The highest BCUT2D eigenvalue weighted by Gasteiger charge is 2.27. The summed E-state index contributed by atoms with van der Waals surface area (Å²) in [6.07, 6.45) is 0.314. The number of carbonyl (C=O) groups is 1. The molecule has 1 fully saturated rings. The lowest BCUT2D eigenvalue weighted by Gasteiger charge is -2.30. The third-order valence-corrected chi connectivity index (χ3v) is 3.80. The van der Waals surface area contributed by atoms with Crippen molar-refractivity contribution in [3.8, 4) is 0 Å². The van der Waals surface area contributed by atoms with E-state index in [0.717, 1.165) is 17.0 Å². The van der Waals surface area contributed by atoms with Crippen molar-refractivity contribution in [1.82, 2.24) is 4.90 Å². The van der Waals surface area contributed by atoms with Gasteiger partial charge in [0, 0.05) is 18.1 Å². The zero-order chi connectivity index (χ0) is 14.5. The van der Waals surface area contributed by atoms with Crippen LogP contribution in [0, 0.1) is 0 Å². The van der Waals surface area contributed by atoms with Crippen LogP contribution in [-0.2, 0) is 20.7 Å². The Hall–Kier alpha value is -1.10. The second-order valence-electron chi connectivity index (χ2n) is 5.06. The number of likely N-dealkylation sites (N-methyl/N-ethyl adjacent to an activating group) is 1. The van der Waals surface area contributed by atoms with Crippen LogP contribution in [0.25, 0.3) is 0 Å². The molecule has 2 atom stereocenters. The molecular weight excluding hydrogens is 278 g/mol. The zero-order valence-corrected chi connectivity index (χ0v) is 12.6. The Labute approximate surface area is 124 Å². The first-order valence-electron chi connectivity index (χ1n) is 6.78. The van der Waals surface area contributed by atoms with Crippen LogP contribution in [0.5, 0.6) is 0 Å². The van der Waals surface area contributed by atoms with Gasteiger partial charge in [0.2, 0.25) is 0 Å². The molecule has 0 spiro atoms. The van der Waals surface area contributed by atoms with Crippen molar-refractivity contribution in [3.63, 3.8) is 0 Å². The minimum absolute atomic E-state index is 0.0221. The van der Waals surface area contributed by atoms with Crippen LogP contribution < -0.4 is 0 Å². The molecule has 0 aliphatic carbocycles. The van der Waals surface area contributed by atoms with Crippen LogP contribution in [0.2, 0.25) is 5.02 Å². The molecular formula is C15H20ClNO3. The van der Waals surface area contributed by atoms with Crippen molar-refractivity contribution in [2.45, 2.75) is 25.5 Å². The van der Waals surface area contributed by atoms with Crippen molar-refractivity contribution < 1.29 is 14.3 Å². The molecule has 1 amide bonds. The summed E-state index contributed by atoms with van der Waals surface area (Å²) in [6.45, 7) is 3.41. The Bertz CT molecular complexity index is 443. The van der Waals surface area contributed by atoms with Crippen LogP contribution >= 0.6 is 11.6 Å². The Morgan fingerprint density at radius 1 is 1.40 bits per heavy atom. The number of ether oxygens (including phenoxy) is 2. The fourth-order valence-electron chi connectivity index (χ4n) is 2.17. The van der Waals surface area contributed by atoms with E-state index in [-0.39, 0.29) is 11.9 Å². The lowest BCUT2D eigenvalue weighted by Crippen LogP contribution is -2.47. The van der Waals surface area contributed by atoms with Crippen molar-refractivity contribution in [1.29, 1.82) is 0 Å². The van der Waals surface area contributed by atoms with E-state index in [4.69, 9.17) is 21.1 Å². The van der Waals surface area contributed by atoms with E-state index in [1.165, 1.54) is 0 Å². The van der Waals surface area contributed by atoms with Crippen LogP contribution in [0.3, 0.4) is 0 Å². The summed E-state index contributed by atoms with van der Waals surface area (Å²) in [6, 6.07) is 7.79. The van der Waals surface area contributed by atoms with Crippen molar-refractivity contribution in [2.75, 3.05) is 26.9 Å². The number of rotatable bonds is 4. The van der Waals surface area contributed by atoms with Gasteiger partial charge in [-0.1, -0.05) is 23.7 Å². The lowest BCUT2D eigenvalue weighted by molar-refractivity contribution is -0.158. The molecule has 0 unspecified atom stereocenters. The fraction of sp³-hybridized carbons (Fsp3) is 0.533. The Morgan fingerprint density at radius 2 is 2.10 bits per heavy atom. The standard InChI is InChI=1S/C15H20ClNO3/c1-11(9-12-3-5-13(16)6-4-12)17(2)15(18)14-10-19-7-8-20-14/h3-6,11,14H,7-10H2,1-2H3/t11-,14+/m1/s1. The molecule has 20 heavy (non-hydrogen) atoms. The Morgan fingerprint density at radius 3 is 2.70 bits per heavy atom. The third kappa shape index (κ3) is 3.95. The molecule has 2 rings (SSSR count). The van der Waals surface area contributed by atoms with Gasteiger partial charge in [-0.25, -0.2) is 0 Å². The number of carbonyl (C=O) groups excluding carboxylic acids is 1. The summed E-state index contributed by atoms with van der Waals surface area (Å²) < 4.78 is 10.7. The molecule has 5 heteroatoms. The number of hydrogen-bond acceptors (Lipinski definition) is 3. The maximum absolute atomic E-state index is 12.3. The van der Waals surface area contributed by atoms with Gasteiger partial charge in [-0.15, -0.1) is 0 Å². The van der Waals surface area contributed by atoms with E-state index in [9.17, 15) is 4.79 Å². The van der Waals surface area contributed by atoms with E-state index < -0.39 is 6.10 Å². The number of hydrogen-bond donors (Lipinski definition) is 0. The first-order valence-corrected chi connectivity index (χ1v) is 7.16. The van der Waals surface area contributed by atoms with E-state index in [1.807, 2.05) is 31.2 Å². The Kier molecular flexibility index (Phi) is 5.40. The average molecular weight is 298 g/mol. The maximum Gasteiger partial charge on any atom is 0.254 e. The summed E-state index contributed by atoms with van der Waals surface area (Å²) in [7, 11) is 1.81. The molecule has 0 radical (unpaired) electrons. The van der Waals surface area contributed by atoms with Crippen molar-refractivity contribution in [2.24, 2.45) is 0 Å². The van der Waals surface area contributed by atoms with Gasteiger partial charge >= 0.3 is 0 Å². The van der Waals surface area contributed by atoms with Gasteiger partial charge in [-0.2, -0.15) is 0 Å². The highest BCUT2D eigenvalue weighted by molar-refractivity contribution is 6.30. The molecule has 1 aliphatic heterocycles. The molecule has 1 heterocycles. The molecule has 0 aromatic heterocycles. The van der Waals surface area contributed by atoms with Crippen LogP contribution in [0.15, 0.2) is 24.3 Å². The molecule has 4 nitrogen and oxygen atoms in total. The average Bonchev–Trinajstić information content (AvgIpc) is 2.49. The minimum Gasteiger partial charge on any atom is -0.376 e. The van der Waals surface area contributed by atoms with Crippen LogP contribution in [-0.4, -0.2) is 49.8 Å². The van der Waals surface area contributed by atoms with E-state index >= 15 is 0 Å². The molecule has 0 N–H and O–H groups in total. The van der Waals surface area contributed by atoms with Crippen LogP contribution in [0.1, 0.15) is 12.5 Å². The quantitative estimate of drug-likeness (QED) is 0.855. The van der Waals surface area contributed by atoms with Gasteiger partial charge in [0.25, 0.3) is 5.91 Å². The lowest BCUT2D eigenvalue weighted by atomic mass is 10.1. The summed E-state index contributed by atoms with van der Waals surface area (Å²) in [5.74, 6) is -0.0221. The number of benzene rings is 1. The summed E-state index contributed by atoms with van der Waals surface area (Å²) in [4.78, 5) is 14.0.